The van der Waals surface area contributed by atoms with Crippen molar-refractivity contribution in [3.63, 3.8) is 0 Å². The van der Waals surface area contributed by atoms with E-state index in [9.17, 15) is 4.57 Å². The molecule has 5 heteroatoms. The molecule has 1 rings (SSSR count). The summed E-state index contributed by atoms with van der Waals surface area (Å²) in [5, 5.41) is 0. The van der Waals surface area contributed by atoms with Crippen molar-refractivity contribution in [2.45, 2.75) is 13.8 Å². The highest BCUT2D eigenvalue weighted by Gasteiger charge is 2.20. The molecule has 88 valence electrons. The van der Waals surface area contributed by atoms with Gasteiger partial charge in [-0.2, -0.15) is 4.76 Å². The van der Waals surface area contributed by atoms with Crippen LogP contribution in [-0.2, 0) is 13.6 Å². The van der Waals surface area contributed by atoms with E-state index in [2.05, 4.69) is 4.76 Å². The van der Waals surface area contributed by atoms with Crippen LogP contribution in [0.4, 0.5) is 0 Å². The third-order valence-electron chi connectivity index (χ3n) is 1.73. The van der Waals surface area contributed by atoms with Gasteiger partial charge in [-0.15, -0.1) is 0 Å². The van der Waals surface area contributed by atoms with Gasteiger partial charge in [0.05, 0.1) is 13.2 Å². The van der Waals surface area contributed by atoms with Crippen LogP contribution < -0.4 is 0 Å². The summed E-state index contributed by atoms with van der Waals surface area (Å²) in [6.07, 6.45) is 1.51. The van der Waals surface area contributed by atoms with E-state index in [-0.39, 0.29) is 0 Å². The Hall–Kier alpha value is -0.960. The lowest BCUT2D eigenvalue weighted by Gasteiger charge is -2.10. The minimum Gasteiger partial charge on any atom is -0.291 e. The van der Waals surface area contributed by atoms with Gasteiger partial charge in [0, 0.05) is 6.21 Å². The van der Waals surface area contributed by atoms with Gasteiger partial charge in [-0.25, -0.2) is 4.57 Å². The van der Waals surface area contributed by atoms with Gasteiger partial charge in [-0.3, -0.25) is 9.05 Å². The number of hydrogen-bond acceptors (Lipinski definition) is 3. The molecule has 1 aromatic rings. The lowest BCUT2D eigenvalue weighted by atomic mass is 10.2. The maximum atomic E-state index is 11.9. The molecule has 0 aliphatic carbocycles. The molecular weight excluding hydrogens is 225 g/mol. The van der Waals surface area contributed by atoms with E-state index in [1.165, 1.54) is 6.21 Å². The lowest BCUT2D eigenvalue weighted by molar-refractivity contribution is 0.221. The van der Waals surface area contributed by atoms with E-state index in [0.29, 0.717) is 13.2 Å². The molecule has 0 spiro atoms. The van der Waals surface area contributed by atoms with Crippen molar-refractivity contribution in [3.05, 3.63) is 35.9 Å². The van der Waals surface area contributed by atoms with Crippen molar-refractivity contribution < 1.29 is 13.6 Å². The molecule has 0 heterocycles. The first kappa shape index (κ1) is 13.1. The molecule has 16 heavy (non-hydrogen) atoms. The molecule has 0 aliphatic heterocycles. The SMILES string of the molecule is CCOP(=O)(N=Cc1ccccc1)OCC. The third-order valence-corrected chi connectivity index (χ3v) is 3.30. The van der Waals surface area contributed by atoms with Crippen LogP contribution in [0.2, 0.25) is 0 Å². The first-order valence-electron chi connectivity index (χ1n) is 5.20. The summed E-state index contributed by atoms with van der Waals surface area (Å²) in [4.78, 5) is 0. The number of nitrogens with zero attached hydrogens (tertiary/aromatic N) is 1. The average molecular weight is 241 g/mol. The Labute approximate surface area is 95.9 Å². The van der Waals surface area contributed by atoms with Crippen molar-refractivity contribution in [1.82, 2.24) is 0 Å². The van der Waals surface area contributed by atoms with Crippen LogP contribution in [0, 0.1) is 0 Å². The molecule has 0 unspecified atom stereocenters. The minimum absolute atomic E-state index is 0.309. The van der Waals surface area contributed by atoms with Crippen molar-refractivity contribution in [2.24, 2.45) is 4.76 Å². The summed E-state index contributed by atoms with van der Waals surface area (Å²) < 4.78 is 25.9. The molecule has 0 saturated carbocycles. The van der Waals surface area contributed by atoms with E-state index >= 15 is 0 Å². The van der Waals surface area contributed by atoms with Gasteiger partial charge in [0.15, 0.2) is 0 Å². The highest BCUT2D eigenvalue weighted by molar-refractivity contribution is 7.52. The summed E-state index contributed by atoms with van der Waals surface area (Å²) in [5.41, 5.74) is 0.863. The van der Waals surface area contributed by atoms with Crippen molar-refractivity contribution in [2.75, 3.05) is 13.2 Å². The molecule has 0 atom stereocenters. The maximum absolute atomic E-state index is 11.9. The number of hydrogen-bond donors (Lipinski definition) is 0. The predicted octanol–water partition coefficient (Wildman–Crippen LogP) is 3.29. The van der Waals surface area contributed by atoms with Gasteiger partial charge in [0.1, 0.15) is 0 Å². The minimum atomic E-state index is -3.32. The topological polar surface area (TPSA) is 47.9 Å². The van der Waals surface area contributed by atoms with Crippen LogP contribution in [0.5, 0.6) is 0 Å². The lowest BCUT2D eigenvalue weighted by Crippen LogP contribution is -1.93. The number of rotatable bonds is 6. The van der Waals surface area contributed by atoms with Gasteiger partial charge >= 0.3 is 7.75 Å². The van der Waals surface area contributed by atoms with E-state index in [0.717, 1.165) is 5.56 Å². The van der Waals surface area contributed by atoms with Gasteiger partial charge in [0.2, 0.25) is 0 Å². The first-order chi connectivity index (χ1) is 7.70. The van der Waals surface area contributed by atoms with Gasteiger partial charge < -0.3 is 0 Å². The summed E-state index contributed by atoms with van der Waals surface area (Å²) >= 11 is 0. The maximum Gasteiger partial charge on any atom is 0.453 e. The molecule has 0 radical (unpaired) electrons. The predicted molar refractivity (Wildman–Crippen MR) is 64.9 cm³/mol. The second-order valence-electron chi connectivity index (χ2n) is 2.96. The molecule has 0 N–H and O–H groups in total. The summed E-state index contributed by atoms with van der Waals surface area (Å²) in [6.45, 7) is 4.13. The Morgan fingerprint density at radius 1 is 1.19 bits per heavy atom. The molecule has 0 saturated heterocycles. The van der Waals surface area contributed by atoms with E-state index in [1.54, 1.807) is 13.8 Å². The van der Waals surface area contributed by atoms with Gasteiger partial charge in [-0.1, -0.05) is 30.3 Å². The highest BCUT2D eigenvalue weighted by Crippen LogP contribution is 2.49. The molecular formula is C11H16NO3P. The fraction of sp³-hybridized carbons (Fsp3) is 0.364. The molecule has 0 fully saturated rings. The normalized spacial score (nSPS) is 12.1. The summed E-state index contributed by atoms with van der Waals surface area (Å²) in [6, 6.07) is 9.40. The Morgan fingerprint density at radius 2 is 1.75 bits per heavy atom. The van der Waals surface area contributed by atoms with Crippen LogP contribution in [0.15, 0.2) is 35.1 Å². The quantitative estimate of drug-likeness (QED) is 0.567. The molecule has 0 bridgehead atoms. The van der Waals surface area contributed by atoms with E-state index in [4.69, 9.17) is 9.05 Å². The van der Waals surface area contributed by atoms with Crippen LogP contribution >= 0.6 is 7.75 Å². The van der Waals surface area contributed by atoms with Crippen molar-refractivity contribution in [1.29, 1.82) is 0 Å². The standard InChI is InChI=1S/C11H16NO3P/c1-3-14-16(13,15-4-2)12-10-11-8-6-5-7-9-11/h5-10H,3-4H2,1-2H3. The van der Waals surface area contributed by atoms with Crippen LogP contribution in [-0.4, -0.2) is 19.4 Å². The second kappa shape index (κ2) is 6.59. The van der Waals surface area contributed by atoms with E-state index < -0.39 is 7.75 Å². The number of benzene rings is 1. The Kier molecular flexibility index (Phi) is 5.39. The molecule has 0 aliphatic rings. The average Bonchev–Trinajstić information content (AvgIpc) is 2.29. The van der Waals surface area contributed by atoms with Crippen LogP contribution in [0.1, 0.15) is 19.4 Å². The first-order valence-corrected chi connectivity index (χ1v) is 6.69. The smallest absolute Gasteiger partial charge is 0.291 e. The Morgan fingerprint density at radius 3 is 2.25 bits per heavy atom. The van der Waals surface area contributed by atoms with Crippen LogP contribution in [0.3, 0.4) is 0 Å². The molecule has 1 aromatic carbocycles. The summed E-state index contributed by atoms with van der Waals surface area (Å²) in [7, 11) is -3.32. The van der Waals surface area contributed by atoms with E-state index in [1.807, 2.05) is 30.3 Å². The zero-order chi connectivity index (χ0) is 11.9. The molecule has 0 aromatic heterocycles. The third kappa shape index (κ3) is 4.27. The van der Waals surface area contributed by atoms with Crippen molar-refractivity contribution >= 4 is 14.0 Å². The summed E-state index contributed by atoms with van der Waals surface area (Å²) in [5.74, 6) is 0. The van der Waals surface area contributed by atoms with Gasteiger partial charge in [-0.05, 0) is 19.4 Å². The fourth-order valence-corrected chi connectivity index (χ4v) is 2.24. The second-order valence-corrected chi connectivity index (χ2v) is 4.64. The monoisotopic (exact) mass is 241 g/mol. The zero-order valence-corrected chi connectivity index (χ0v) is 10.4. The molecule has 0 amide bonds. The van der Waals surface area contributed by atoms with Crippen molar-refractivity contribution in [3.8, 4) is 0 Å². The van der Waals surface area contributed by atoms with Crippen LogP contribution in [0.25, 0.3) is 0 Å². The fourth-order valence-electron chi connectivity index (χ4n) is 1.11. The zero-order valence-electron chi connectivity index (χ0n) is 9.50. The largest absolute Gasteiger partial charge is 0.453 e. The molecule has 4 nitrogen and oxygen atoms in total. The Balaban J connectivity index is 2.75. The highest BCUT2D eigenvalue weighted by atomic mass is 31.2. The Bertz CT molecular complexity index is 368. The van der Waals surface area contributed by atoms with Gasteiger partial charge in [0.25, 0.3) is 0 Å².